The number of hydrogen-bond acceptors (Lipinski definition) is 3. The molecule has 4 N–H and O–H groups in total. The van der Waals surface area contributed by atoms with Crippen LogP contribution >= 0.6 is 15.9 Å². The van der Waals surface area contributed by atoms with Crippen LogP contribution in [0.3, 0.4) is 0 Å². The molecule has 0 saturated carbocycles. The Labute approximate surface area is 135 Å². The Kier molecular flexibility index (Phi) is 4.55. The van der Waals surface area contributed by atoms with E-state index in [1.54, 1.807) is 0 Å². The van der Waals surface area contributed by atoms with Gasteiger partial charge in [0.25, 0.3) is 0 Å². The highest BCUT2D eigenvalue weighted by Gasteiger charge is 2.41. The van der Waals surface area contributed by atoms with Gasteiger partial charge in [0, 0.05) is 17.3 Å². The Hall–Kier alpha value is -2.23. The van der Waals surface area contributed by atoms with Gasteiger partial charge in [-0.1, -0.05) is 0 Å². The van der Waals surface area contributed by atoms with Gasteiger partial charge >= 0.3 is 18.1 Å². The van der Waals surface area contributed by atoms with Crippen molar-refractivity contribution in [1.82, 2.24) is 10.3 Å². The van der Waals surface area contributed by atoms with Crippen LogP contribution in [-0.2, 0) is 16.0 Å². The Bertz CT molecular complexity index is 772. The van der Waals surface area contributed by atoms with Crippen LogP contribution in [0.25, 0.3) is 10.9 Å². The van der Waals surface area contributed by atoms with E-state index in [1.807, 2.05) is 0 Å². The summed E-state index contributed by atoms with van der Waals surface area (Å²) in [7, 11) is 0. The molecule has 0 fully saturated rings. The number of carboxylic acid groups (broad SMARTS) is 1. The number of aromatic nitrogens is 1. The number of phenols is 1. The minimum atomic E-state index is -5.18. The van der Waals surface area contributed by atoms with Gasteiger partial charge in [0.1, 0.15) is 11.8 Å². The van der Waals surface area contributed by atoms with Gasteiger partial charge in [-0.15, -0.1) is 0 Å². The maximum absolute atomic E-state index is 12.3. The Morgan fingerprint density at radius 1 is 1.35 bits per heavy atom. The van der Waals surface area contributed by atoms with Gasteiger partial charge in [-0.2, -0.15) is 13.2 Å². The monoisotopic (exact) mass is 394 g/mol. The van der Waals surface area contributed by atoms with Gasteiger partial charge in [-0.25, -0.2) is 4.79 Å². The molecule has 1 aromatic carbocycles. The van der Waals surface area contributed by atoms with Crippen molar-refractivity contribution >= 4 is 38.7 Å². The van der Waals surface area contributed by atoms with Crippen molar-refractivity contribution in [3.05, 3.63) is 28.4 Å². The molecular formula is C13H10BrF3N2O4. The number of aliphatic carboxylic acids is 1. The first-order valence-electron chi connectivity index (χ1n) is 6.19. The van der Waals surface area contributed by atoms with E-state index in [2.05, 4.69) is 20.9 Å². The molecule has 0 aliphatic rings. The lowest BCUT2D eigenvalue weighted by molar-refractivity contribution is -0.175. The standard InChI is InChI=1S/C13H10BrF3N2O4/c14-10-7(6-3-5(20)1-2-8(6)18-10)4-9(11(21)22)19-12(23)13(15,16)17/h1-3,9,18,20H,4H2,(H,19,23)(H,21,22)/t9-/m0/s1. The molecule has 0 radical (unpaired) electrons. The third-order valence-electron chi connectivity index (χ3n) is 3.11. The maximum atomic E-state index is 12.3. The molecule has 0 bridgehead atoms. The minimum Gasteiger partial charge on any atom is -0.508 e. The lowest BCUT2D eigenvalue weighted by atomic mass is 10.0. The quantitative estimate of drug-likeness (QED) is 0.638. The molecule has 6 nitrogen and oxygen atoms in total. The van der Waals surface area contributed by atoms with Crippen molar-refractivity contribution in [3.8, 4) is 5.75 Å². The number of alkyl halides is 3. The van der Waals surface area contributed by atoms with Crippen LogP contribution in [0, 0.1) is 0 Å². The topological polar surface area (TPSA) is 102 Å². The van der Waals surface area contributed by atoms with E-state index >= 15 is 0 Å². The lowest BCUT2D eigenvalue weighted by Gasteiger charge is -2.15. The van der Waals surface area contributed by atoms with Crippen LogP contribution in [0.2, 0.25) is 0 Å². The van der Waals surface area contributed by atoms with Gasteiger partial charge in [0.2, 0.25) is 0 Å². The molecule has 0 unspecified atom stereocenters. The molecule has 2 aromatic rings. The van der Waals surface area contributed by atoms with Crippen LogP contribution < -0.4 is 5.32 Å². The molecular weight excluding hydrogens is 385 g/mol. The number of phenolic OH excluding ortho intramolecular Hbond substituents is 1. The number of halogens is 4. The third-order valence-corrected chi connectivity index (χ3v) is 3.78. The SMILES string of the molecule is O=C(O)[C@H](Cc1c(Br)[nH]c2ccc(O)cc12)NC(=O)C(F)(F)F. The van der Waals surface area contributed by atoms with E-state index in [9.17, 15) is 27.9 Å². The Morgan fingerprint density at radius 2 is 2.00 bits per heavy atom. The summed E-state index contributed by atoms with van der Waals surface area (Å²) >= 11 is 3.15. The molecule has 1 heterocycles. The predicted molar refractivity (Wildman–Crippen MR) is 77.0 cm³/mol. The lowest BCUT2D eigenvalue weighted by Crippen LogP contribution is -2.47. The summed E-state index contributed by atoms with van der Waals surface area (Å²) in [4.78, 5) is 25.0. The van der Waals surface area contributed by atoms with E-state index in [1.165, 1.54) is 23.5 Å². The average molecular weight is 395 g/mol. The first-order chi connectivity index (χ1) is 10.6. The van der Waals surface area contributed by atoms with E-state index in [0.717, 1.165) is 0 Å². The van der Waals surface area contributed by atoms with E-state index in [4.69, 9.17) is 5.11 Å². The molecule has 0 spiro atoms. The second-order valence-corrected chi connectivity index (χ2v) is 5.51. The van der Waals surface area contributed by atoms with E-state index < -0.39 is 30.5 Å². The summed E-state index contributed by atoms with van der Waals surface area (Å²) in [6.45, 7) is 0. The van der Waals surface area contributed by atoms with Crippen molar-refractivity contribution in [3.63, 3.8) is 0 Å². The second-order valence-electron chi connectivity index (χ2n) is 4.71. The zero-order chi connectivity index (χ0) is 17.4. The third kappa shape index (κ3) is 3.76. The summed E-state index contributed by atoms with van der Waals surface area (Å²) in [5.74, 6) is -4.02. The molecule has 1 atom stereocenters. The maximum Gasteiger partial charge on any atom is 0.471 e. The average Bonchev–Trinajstić information content (AvgIpc) is 2.72. The molecule has 124 valence electrons. The Balaban J connectivity index is 2.34. The number of carboxylic acids is 1. The van der Waals surface area contributed by atoms with E-state index in [-0.39, 0.29) is 5.75 Å². The smallest absolute Gasteiger partial charge is 0.471 e. The fraction of sp³-hybridized carbons (Fsp3) is 0.231. The highest BCUT2D eigenvalue weighted by Crippen LogP contribution is 2.30. The summed E-state index contributed by atoms with van der Waals surface area (Å²) in [5.41, 5.74) is 0.877. The minimum absolute atomic E-state index is 0.0866. The number of aromatic amines is 1. The molecule has 23 heavy (non-hydrogen) atoms. The summed E-state index contributed by atoms with van der Waals surface area (Å²) < 4.78 is 37.2. The number of fused-ring (bicyclic) bond motifs is 1. The number of carbonyl (C=O) groups excluding carboxylic acids is 1. The number of aromatic hydroxyl groups is 1. The largest absolute Gasteiger partial charge is 0.508 e. The van der Waals surface area contributed by atoms with Crippen molar-refractivity contribution in [2.75, 3.05) is 0 Å². The highest BCUT2D eigenvalue weighted by molar-refractivity contribution is 9.10. The first-order valence-corrected chi connectivity index (χ1v) is 6.98. The van der Waals surface area contributed by atoms with Crippen LogP contribution in [0.5, 0.6) is 5.75 Å². The Morgan fingerprint density at radius 3 is 2.57 bits per heavy atom. The van der Waals surface area contributed by atoms with E-state index in [0.29, 0.717) is 21.1 Å². The molecule has 1 aromatic heterocycles. The first kappa shape index (κ1) is 17.1. The number of benzene rings is 1. The van der Waals surface area contributed by atoms with Crippen molar-refractivity contribution in [2.45, 2.75) is 18.6 Å². The molecule has 0 aliphatic carbocycles. The van der Waals surface area contributed by atoms with Crippen molar-refractivity contribution < 1.29 is 33.0 Å². The van der Waals surface area contributed by atoms with Gasteiger partial charge < -0.3 is 20.5 Å². The van der Waals surface area contributed by atoms with Gasteiger partial charge in [0.05, 0.1) is 4.60 Å². The summed E-state index contributed by atoms with van der Waals surface area (Å²) in [6.07, 6.45) is -5.58. The molecule has 2 rings (SSSR count). The summed E-state index contributed by atoms with van der Waals surface area (Å²) in [6, 6.07) is 2.50. The van der Waals surface area contributed by atoms with Gasteiger partial charge in [0.15, 0.2) is 0 Å². The number of carbonyl (C=O) groups is 2. The zero-order valence-electron chi connectivity index (χ0n) is 11.2. The number of hydrogen-bond donors (Lipinski definition) is 4. The van der Waals surface area contributed by atoms with Crippen molar-refractivity contribution in [1.29, 1.82) is 0 Å². The van der Waals surface area contributed by atoms with Crippen LogP contribution in [-0.4, -0.2) is 39.3 Å². The molecule has 0 aliphatic heterocycles. The summed E-state index contributed by atoms with van der Waals surface area (Å²) in [5, 5.41) is 20.4. The van der Waals surface area contributed by atoms with Crippen molar-refractivity contribution in [2.24, 2.45) is 0 Å². The number of rotatable bonds is 4. The zero-order valence-corrected chi connectivity index (χ0v) is 12.8. The number of nitrogens with one attached hydrogen (secondary N) is 2. The van der Waals surface area contributed by atoms with Crippen LogP contribution in [0.15, 0.2) is 22.8 Å². The molecule has 0 saturated heterocycles. The van der Waals surface area contributed by atoms with Crippen LogP contribution in [0.4, 0.5) is 13.2 Å². The number of H-pyrrole nitrogens is 1. The van der Waals surface area contributed by atoms with Gasteiger partial charge in [-0.05, 0) is 39.7 Å². The fourth-order valence-corrected chi connectivity index (χ4v) is 2.64. The highest BCUT2D eigenvalue weighted by atomic mass is 79.9. The van der Waals surface area contributed by atoms with Gasteiger partial charge in [-0.3, -0.25) is 4.79 Å². The molecule has 1 amide bonds. The normalized spacial score (nSPS) is 13.0. The predicted octanol–water partition coefficient (Wildman–Crippen LogP) is 2.31. The fourth-order valence-electron chi connectivity index (χ4n) is 2.05. The molecule has 10 heteroatoms. The second kappa shape index (κ2) is 6.11. The number of amides is 1. The van der Waals surface area contributed by atoms with Crippen LogP contribution in [0.1, 0.15) is 5.56 Å².